The van der Waals surface area contributed by atoms with Crippen molar-refractivity contribution in [3.63, 3.8) is 0 Å². The van der Waals surface area contributed by atoms with Crippen molar-refractivity contribution in [2.45, 2.75) is 199 Å². The molecule has 0 amide bonds. The predicted octanol–water partition coefficient (Wildman–Crippen LogP) is 12.3. The highest BCUT2D eigenvalue weighted by Crippen LogP contribution is 2.43. The average Bonchev–Trinajstić information content (AvgIpc) is 3.21. The molecule has 4 N–H and O–H groups in total. The van der Waals surface area contributed by atoms with Crippen LogP contribution in [-0.4, -0.2) is 59.9 Å². The van der Waals surface area contributed by atoms with Crippen molar-refractivity contribution in [1.82, 2.24) is 0 Å². The number of hydrogen-bond acceptors (Lipinski definition) is 9. The molecule has 0 saturated heterocycles. The van der Waals surface area contributed by atoms with Crippen molar-refractivity contribution in [3.05, 3.63) is 60.8 Å². The molecule has 0 aromatic rings. The molecule has 0 bridgehead atoms. The molecule has 0 rings (SSSR count). The van der Waals surface area contributed by atoms with Crippen LogP contribution < -0.4 is 5.73 Å². The zero-order valence-electron chi connectivity index (χ0n) is 36.8. The van der Waals surface area contributed by atoms with Gasteiger partial charge in [0.25, 0.3) is 0 Å². The van der Waals surface area contributed by atoms with E-state index >= 15 is 0 Å². The lowest BCUT2D eigenvalue weighted by Crippen LogP contribution is -2.34. The molecule has 3 atom stereocenters. The number of esters is 2. The molecule has 0 aliphatic heterocycles. The number of phosphoric ester groups is 1. The minimum absolute atomic E-state index is 0.0822. The van der Waals surface area contributed by atoms with E-state index in [9.17, 15) is 23.8 Å². The number of allylic oxidation sites excluding steroid dienone is 10. The Labute approximate surface area is 357 Å². The number of phosphoric acid groups is 1. The van der Waals surface area contributed by atoms with Gasteiger partial charge < -0.3 is 25.2 Å². The number of rotatable bonds is 42. The van der Waals surface area contributed by atoms with Crippen molar-refractivity contribution in [3.8, 4) is 0 Å². The lowest BCUT2D eigenvalue weighted by atomic mass is 10.0. The van der Waals surface area contributed by atoms with Gasteiger partial charge in [0.1, 0.15) is 12.6 Å². The highest BCUT2D eigenvalue weighted by Gasteiger charge is 2.28. The van der Waals surface area contributed by atoms with Gasteiger partial charge in [-0.25, -0.2) is 4.57 Å². The molecule has 0 heterocycles. The second-order valence-electron chi connectivity index (χ2n) is 15.2. The van der Waals surface area contributed by atoms with Crippen LogP contribution in [0, 0.1) is 0 Å². The quantitative estimate of drug-likeness (QED) is 0.0231. The molecule has 0 aliphatic rings. The fourth-order valence-corrected chi connectivity index (χ4v) is 6.76. The normalized spacial score (nSPS) is 14.2. The monoisotopic (exact) mass is 852 g/mol. The number of carboxylic acid groups (broad SMARTS) is 1. The van der Waals surface area contributed by atoms with Crippen LogP contribution >= 0.6 is 7.82 Å². The lowest BCUT2D eigenvalue weighted by Gasteiger charge is -2.20. The van der Waals surface area contributed by atoms with Crippen molar-refractivity contribution in [1.29, 1.82) is 0 Å². The maximum Gasteiger partial charge on any atom is 0.472 e. The fourth-order valence-electron chi connectivity index (χ4n) is 5.98. The van der Waals surface area contributed by atoms with Crippen molar-refractivity contribution >= 4 is 25.7 Å². The summed E-state index contributed by atoms with van der Waals surface area (Å²) in [5.41, 5.74) is 5.33. The second-order valence-corrected chi connectivity index (χ2v) is 16.6. The summed E-state index contributed by atoms with van der Waals surface area (Å²) in [7, 11) is -4.73. The minimum Gasteiger partial charge on any atom is -0.480 e. The Morgan fingerprint density at radius 1 is 0.542 bits per heavy atom. The summed E-state index contributed by atoms with van der Waals surface area (Å²) in [6.45, 7) is 2.64. The van der Waals surface area contributed by atoms with Gasteiger partial charge in [-0.2, -0.15) is 0 Å². The smallest absolute Gasteiger partial charge is 0.472 e. The molecular formula is C47H82NO10P. The molecule has 11 nitrogen and oxygen atoms in total. The van der Waals surface area contributed by atoms with Gasteiger partial charge in [0.2, 0.25) is 0 Å². The zero-order chi connectivity index (χ0) is 43.5. The second kappa shape index (κ2) is 41.9. The highest BCUT2D eigenvalue weighted by molar-refractivity contribution is 7.47. The number of nitrogens with two attached hydrogens (primary N) is 1. The van der Waals surface area contributed by atoms with Crippen LogP contribution in [-0.2, 0) is 37.5 Å². The van der Waals surface area contributed by atoms with Crippen LogP contribution in [0.5, 0.6) is 0 Å². The molecule has 1 unspecified atom stereocenters. The number of unbranched alkanes of at least 4 members (excludes halogenated alkanes) is 18. The minimum atomic E-state index is -4.73. The molecule has 0 aromatic heterocycles. The van der Waals surface area contributed by atoms with Gasteiger partial charge in [0, 0.05) is 12.8 Å². The SMILES string of the molecule is CC/C=C\C/C=C\C/C=C\C/C=C\C/C=C\CCCC(=O)O[C@H](COC(=O)CCCCCCCCCCCCCCCCCCCC)COP(=O)(O)OC[C@H](N)C(=O)O. The largest absolute Gasteiger partial charge is 0.480 e. The van der Waals surface area contributed by atoms with E-state index in [1.165, 1.54) is 89.9 Å². The molecule has 0 radical (unpaired) electrons. The number of hydrogen-bond donors (Lipinski definition) is 3. The maximum atomic E-state index is 12.6. The first-order valence-corrected chi connectivity index (χ1v) is 24.3. The van der Waals surface area contributed by atoms with Gasteiger partial charge in [0.05, 0.1) is 13.2 Å². The van der Waals surface area contributed by atoms with Crippen molar-refractivity contribution < 1.29 is 47.5 Å². The Hall–Kier alpha value is -2.82. The van der Waals surface area contributed by atoms with E-state index in [0.29, 0.717) is 19.3 Å². The van der Waals surface area contributed by atoms with E-state index in [0.717, 1.165) is 51.4 Å². The molecule has 0 saturated carbocycles. The van der Waals surface area contributed by atoms with Crippen LogP contribution in [0.3, 0.4) is 0 Å². The zero-order valence-corrected chi connectivity index (χ0v) is 37.7. The van der Waals surface area contributed by atoms with Crippen LogP contribution in [0.25, 0.3) is 0 Å². The molecule has 0 aliphatic carbocycles. The topological polar surface area (TPSA) is 172 Å². The molecule has 59 heavy (non-hydrogen) atoms. The molecule has 0 aromatic carbocycles. The average molecular weight is 852 g/mol. The molecule has 12 heteroatoms. The summed E-state index contributed by atoms with van der Waals surface area (Å²) >= 11 is 0. The van der Waals surface area contributed by atoms with Gasteiger partial charge in [-0.1, -0.05) is 184 Å². The Balaban J connectivity index is 4.40. The molecule has 0 fully saturated rings. The van der Waals surface area contributed by atoms with E-state index < -0.39 is 51.1 Å². The lowest BCUT2D eigenvalue weighted by molar-refractivity contribution is -0.161. The Morgan fingerprint density at radius 3 is 1.41 bits per heavy atom. The Morgan fingerprint density at radius 2 is 0.949 bits per heavy atom. The standard InChI is InChI=1S/C47H82NO10P/c1-3-5-7-9-11-13-15-17-19-21-23-24-26-28-30-32-34-36-38-45(49)55-40-43(41-56-59(53,54)57-42-44(48)47(51)52)58-46(50)39-37-35-33-31-29-27-25-22-20-18-16-14-12-10-8-6-4-2/h6,8,12,14,18,20,25,27,31,33,43-44H,3-5,7,9-11,13,15-17,19,21-24,26,28-30,32,34-42,48H2,1-2H3,(H,51,52)(H,53,54)/b8-6-,14-12-,20-18-,27-25-,33-31-/t43-,44+/m1/s1. The summed E-state index contributed by atoms with van der Waals surface area (Å²) in [4.78, 5) is 46.0. The van der Waals surface area contributed by atoms with Crippen molar-refractivity contribution in [2.75, 3.05) is 19.8 Å². The van der Waals surface area contributed by atoms with E-state index in [1.54, 1.807) is 0 Å². The first-order valence-electron chi connectivity index (χ1n) is 22.8. The van der Waals surface area contributed by atoms with Gasteiger partial charge in [0.15, 0.2) is 6.10 Å². The summed E-state index contributed by atoms with van der Waals surface area (Å²) in [6.07, 6.45) is 48.7. The van der Waals surface area contributed by atoms with Crippen LogP contribution in [0.2, 0.25) is 0 Å². The Kier molecular flexibility index (Phi) is 39.9. The van der Waals surface area contributed by atoms with Gasteiger partial charge in [-0.05, 0) is 51.4 Å². The molecular weight excluding hydrogens is 769 g/mol. The van der Waals surface area contributed by atoms with Crippen LogP contribution in [0.15, 0.2) is 60.8 Å². The van der Waals surface area contributed by atoms with Crippen LogP contribution in [0.4, 0.5) is 0 Å². The third kappa shape index (κ3) is 41.7. The third-order valence-corrected chi connectivity index (χ3v) is 10.5. The predicted molar refractivity (Wildman–Crippen MR) is 240 cm³/mol. The summed E-state index contributed by atoms with van der Waals surface area (Å²) in [6, 6.07) is -1.53. The number of aliphatic carboxylic acids is 1. The third-order valence-electron chi connectivity index (χ3n) is 9.53. The molecule has 340 valence electrons. The van der Waals surface area contributed by atoms with E-state index in [4.69, 9.17) is 24.8 Å². The summed E-state index contributed by atoms with van der Waals surface area (Å²) in [5.74, 6) is -2.45. The summed E-state index contributed by atoms with van der Waals surface area (Å²) < 4.78 is 32.7. The van der Waals surface area contributed by atoms with Crippen molar-refractivity contribution in [2.24, 2.45) is 5.73 Å². The Bertz CT molecular complexity index is 1230. The number of ether oxygens (including phenoxy) is 2. The summed E-state index contributed by atoms with van der Waals surface area (Å²) in [5, 5.41) is 8.90. The van der Waals surface area contributed by atoms with Gasteiger partial charge in [-0.15, -0.1) is 0 Å². The number of carboxylic acids is 1. The first-order chi connectivity index (χ1) is 28.6. The first kappa shape index (κ1) is 56.2. The van der Waals surface area contributed by atoms with Crippen LogP contribution in [0.1, 0.15) is 187 Å². The number of carbonyl (C=O) groups excluding carboxylic acids is 2. The van der Waals surface area contributed by atoms with E-state index in [-0.39, 0.29) is 19.4 Å². The van der Waals surface area contributed by atoms with E-state index in [1.807, 2.05) is 12.2 Å². The number of carbonyl (C=O) groups is 3. The van der Waals surface area contributed by atoms with E-state index in [2.05, 4.69) is 67.0 Å². The fraction of sp³-hybridized carbons (Fsp3) is 0.723. The van der Waals surface area contributed by atoms with Gasteiger partial charge >= 0.3 is 25.7 Å². The molecule has 0 spiro atoms. The maximum absolute atomic E-state index is 12.6. The highest BCUT2D eigenvalue weighted by atomic mass is 31.2. The van der Waals surface area contributed by atoms with Gasteiger partial charge in [-0.3, -0.25) is 23.4 Å².